The number of carboxylic acid groups (broad SMARTS) is 1. The Balaban J connectivity index is 2.55. The Morgan fingerprint density at radius 2 is 1.34 bits per heavy atom. The summed E-state index contributed by atoms with van der Waals surface area (Å²) in [7, 11) is 0. The summed E-state index contributed by atoms with van der Waals surface area (Å²) in [6.45, 7) is 7.48. The fraction of sp³-hybridized carbons (Fsp3) is 0.833. The molecule has 0 aromatic rings. The normalized spacial score (nSPS) is 16.1. The van der Waals surface area contributed by atoms with Gasteiger partial charge in [0, 0.05) is 0 Å². The molecule has 8 heteroatoms. The second kappa shape index (κ2) is 14.5. The van der Waals surface area contributed by atoms with Crippen LogP contribution in [0.15, 0.2) is 12.5 Å². The number of carbonyl (C=O) groups is 2. The molecule has 1 amide bonds. The van der Waals surface area contributed by atoms with Crippen LogP contribution in [0.25, 0.3) is 0 Å². The summed E-state index contributed by atoms with van der Waals surface area (Å²) in [6.07, 6.45) is 17.2. The van der Waals surface area contributed by atoms with Gasteiger partial charge in [0.25, 0.3) is 0 Å². The molecular formula is C24H45BrNO5P. The Morgan fingerprint density at radius 1 is 0.875 bits per heavy atom. The third kappa shape index (κ3) is 10.4. The van der Waals surface area contributed by atoms with Gasteiger partial charge in [-0.2, -0.15) is 0 Å². The molecule has 1 rings (SSSR count). The second-order valence-corrected chi connectivity index (χ2v) is 20.7. The number of hydrogen-bond acceptors (Lipinski definition) is 4. The predicted molar refractivity (Wildman–Crippen MR) is 138 cm³/mol. The van der Waals surface area contributed by atoms with E-state index in [0.29, 0.717) is 13.0 Å². The number of ether oxygens (including phenoxy) is 2. The van der Waals surface area contributed by atoms with Gasteiger partial charge in [-0.25, -0.2) is 0 Å². The quantitative estimate of drug-likeness (QED) is 0.143. The molecule has 0 unspecified atom stereocenters. The van der Waals surface area contributed by atoms with Gasteiger partial charge < -0.3 is 0 Å². The van der Waals surface area contributed by atoms with Gasteiger partial charge in [-0.3, -0.25) is 0 Å². The van der Waals surface area contributed by atoms with E-state index in [0.717, 1.165) is 6.42 Å². The van der Waals surface area contributed by atoms with Crippen molar-refractivity contribution >= 4 is 32.7 Å². The van der Waals surface area contributed by atoms with Crippen LogP contribution in [-0.4, -0.2) is 54.0 Å². The van der Waals surface area contributed by atoms with E-state index >= 15 is 0 Å². The van der Waals surface area contributed by atoms with E-state index in [1.165, 1.54) is 75.7 Å². The van der Waals surface area contributed by atoms with Crippen molar-refractivity contribution in [1.29, 1.82) is 0 Å². The maximum absolute atomic E-state index is 12.4. The number of rotatable bonds is 19. The van der Waals surface area contributed by atoms with E-state index in [1.54, 1.807) is 0 Å². The molecule has 1 aliphatic heterocycles. The number of nitrogens with one attached hydrogen (secondary N) is 1. The fourth-order valence-electron chi connectivity index (χ4n) is 4.41. The average Bonchev–Trinajstić information content (AvgIpc) is 3.25. The molecule has 1 heterocycles. The standard InChI is InChI=1S/C24H45BrNO5P/c1-4-7-18-32(25,19-8-5-2,20-9-6-3)21-10-15-26-22(27)11-13-24(14-12-23(28)29)30-16-17-31-24/h16-17H,4-15,18-21H2,1-3H3,(H,26,27)(H,28,29). The molecule has 0 atom stereocenters. The molecule has 0 aliphatic carbocycles. The Kier molecular flexibility index (Phi) is 13.2. The minimum atomic E-state index is -1.94. The van der Waals surface area contributed by atoms with Gasteiger partial charge >= 0.3 is 203 Å². The van der Waals surface area contributed by atoms with E-state index in [9.17, 15) is 9.59 Å². The number of amides is 1. The molecule has 0 bridgehead atoms. The van der Waals surface area contributed by atoms with E-state index < -0.39 is 17.1 Å². The van der Waals surface area contributed by atoms with E-state index in [4.69, 9.17) is 14.6 Å². The van der Waals surface area contributed by atoms with Crippen molar-refractivity contribution in [2.24, 2.45) is 0 Å². The van der Waals surface area contributed by atoms with Crippen LogP contribution < -0.4 is 5.32 Å². The first-order valence-electron chi connectivity index (χ1n) is 12.4. The zero-order chi connectivity index (χ0) is 24.0. The van der Waals surface area contributed by atoms with Gasteiger partial charge in [0.15, 0.2) is 0 Å². The molecule has 0 spiro atoms. The summed E-state index contributed by atoms with van der Waals surface area (Å²) in [6, 6.07) is 0. The molecule has 0 saturated carbocycles. The van der Waals surface area contributed by atoms with Crippen LogP contribution in [0.2, 0.25) is 0 Å². The number of aliphatic carboxylic acids is 1. The molecule has 6 nitrogen and oxygen atoms in total. The first-order chi connectivity index (χ1) is 15.2. The van der Waals surface area contributed by atoms with Gasteiger partial charge in [0.2, 0.25) is 0 Å². The summed E-state index contributed by atoms with van der Waals surface area (Å²) in [5.74, 6) is -1.97. The van der Waals surface area contributed by atoms with Crippen LogP contribution in [0.1, 0.15) is 91.4 Å². The van der Waals surface area contributed by atoms with Crippen molar-refractivity contribution in [3.8, 4) is 0 Å². The minimum absolute atomic E-state index is 0.0376. The van der Waals surface area contributed by atoms with Crippen molar-refractivity contribution in [3.05, 3.63) is 12.5 Å². The molecule has 0 aromatic heterocycles. The Morgan fingerprint density at radius 3 is 1.81 bits per heavy atom. The zero-order valence-electron chi connectivity index (χ0n) is 20.4. The molecule has 2 N–H and O–H groups in total. The topological polar surface area (TPSA) is 84.9 Å². The zero-order valence-corrected chi connectivity index (χ0v) is 22.9. The number of halogens is 1. The summed E-state index contributed by atoms with van der Waals surface area (Å²) >= 11 is 4.40. The number of carbonyl (C=O) groups excluding carboxylic acids is 1. The second-order valence-electron chi connectivity index (χ2n) is 9.29. The van der Waals surface area contributed by atoms with Gasteiger partial charge in [-0.05, 0) is 0 Å². The molecule has 0 saturated heterocycles. The SMILES string of the molecule is CCCCP(Br)(CCCC)(CCCC)CCCNC(=O)CCC1(CCC(=O)O)OC=CO1. The molecule has 0 fully saturated rings. The fourth-order valence-corrected chi connectivity index (χ4v) is 13.0. The maximum atomic E-state index is 12.4. The summed E-state index contributed by atoms with van der Waals surface area (Å²) in [5, 5.41) is 10.1. The molecule has 0 aromatic carbocycles. The first-order valence-corrected chi connectivity index (χ1v) is 17.4. The number of carboxylic acids is 1. The van der Waals surface area contributed by atoms with E-state index in [1.807, 2.05) is 0 Å². The van der Waals surface area contributed by atoms with Gasteiger partial charge in [0.05, 0.1) is 0 Å². The third-order valence-corrected chi connectivity index (χ3v) is 16.5. The summed E-state index contributed by atoms with van der Waals surface area (Å²) in [5.41, 5.74) is 0. The van der Waals surface area contributed by atoms with Gasteiger partial charge in [-0.1, -0.05) is 0 Å². The molecule has 32 heavy (non-hydrogen) atoms. The molecule has 188 valence electrons. The van der Waals surface area contributed by atoms with Crippen molar-refractivity contribution in [2.75, 3.05) is 31.2 Å². The van der Waals surface area contributed by atoms with Crippen molar-refractivity contribution < 1.29 is 24.2 Å². The van der Waals surface area contributed by atoms with Crippen molar-refractivity contribution in [2.45, 2.75) is 97.2 Å². The molecule has 1 aliphatic rings. The van der Waals surface area contributed by atoms with Crippen LogP contribution in [0.5, 0.6) is 0 Å². The van der Waals surface area contributed by atoms with Crippen LogP contribution in [0.3, 0.4) is 0 Å². The summed E-state index contributed by atoms with van der Waals surface area (Å²) in [4.78, 5) is 23.3. The Hall–Kier alpha value is -0.810. The predicted octanol–water partition coefficient (Wildman–Crippen LogP) is 6.62. The van der Waals surface area contributed by atoms with Gasteiger partial charge in [-0.15, -0.1) is 0 Å². The van der Waals surface area contributed by atoms with Gasteiger partial charge in [0.1, 0.15) is 0 Å². The Labute approximate surface area is 202 Å². The van der Waals surface area contributed by atoms with Crippen molar-refractivity contribution in [3.63, 3.8) is 0 Å². The third-order valence-electron chi connectivity index (χ3n) is 6.50. The van der Waals surface area contributed by atoms with Crippen molar-refractivity contribution in [1.82, 2.24) is 5.32 Å². The van der Waals surface area contributed by atoms with E-state index in [-0.39, 0.29) is 25.2 Å². The number of hydrogen-bond donors (Lipinski definition) is 2. The number of unbranched alkanes of at least 4 members (excludes halogenated alkanes) is 3. The average molecular weight is 539 g/mol. The van der Waals surface area contributed by atoms with Crippen LogP contribution in [0.4, 0.5) is 0 Å². The van der Waals surface area contributed by atoms with Crippen LogP contribution in [0, 0.1) is 0 Å². The Bertz CT molecular complexity index is 581. The van der Waals surface area contributed by atoms with Crippen LogP contribution >= 0.6 is 20.8 Å². The molecule has 0 radical (unpaired) electrons. The first kappa shape index (κ1) is 29.2. The summed E-state index contributed by atoms with van der Waals surface area (Å²) < 4.78 is 11.0. The molecular weight excluding hydrogens is 493 g/mol. The van der Waals surface area contributed by atoms with E-state index in [2.05, 4.69) is 41.6 Å². The van der Waals surface area contributed by atoms with Crippen LogP contribution in [-0.2, 0) is 19.1 Å². The monoisotopic (exact) mass is 537 g/mol.